The molecule has 0 aliphatic heterocycles. The highest BCUT2D eigenvalue weighted by Gasteiger charge is 2.28. The number of nitrogens with zero attached hydrogens (tertiary/aromatic N) is 1. The second-order valence-electron chi connectivity index (χ2n) is 4.10. The first kappa shape index (κ1) is 15.6. The fourth-order valence-electron chi connectivity index (χ4n) is 1.57. The number of aromatic nitrogens is 1. The van der Waals surface area contributed by atoms with Gasteiger partial charge in [-0.2, -0.15) is 0 Å². The zero-order valence-corrected chi connectivity index (χ0v) is 11.1. The molecule has 0 bridgehead atoms. The molecular formula is C12H20N2O5. The zero-order chi connectivity index (χ0) is 14.3. The summed E-state index contributed by atoms with van der Waals surface area (Å²) >= 11 is 0. The molecule has 4 N–H and O–H groups in total. The van der Waals surface area contributed by atoms with Crippen molar-refractivity contribution in [2.75, 3.05) is 34.0 Å². The van der Waals surface area contributed by atoms with E-state index < -0.39 is 25.4 Å². The average Bonchev–Trinajstić information content (AvgIpc) is 2.48. The van der Waals surface area contributed by atoms with Crippen molar-refractivity contribution in [2.45, 2.75) is 12.1 Å². The number of hydrogen-bond acceptors (Lipinski definition) is 7. The summed E-state index contributed by atoms with van der Waals surface area (Å²) in [6, 6.07) is 1.67. The van der Waals surface area contributed by atoms with Crippen LogP contribution >= 0.6 is 0 Å². The van der Waals surface area contributed by atoms with E-state index in [2.05, 4.69) is 10.3 Å². The largest absolute Gasteiger partial charge is 0.493 e. The smallest absolute Gasteiger partial charge is 0.183 e. The summed E-state index contributed by atoms with van der Waals surface area (Å²) in [5.74, 6) is 1.01. The number of methoxy groups -OCH3 is 2. The Balaban J connectivity index is 2.88. The molecule has 1 aromatic rings. The predicted octanol–water partition coefficient (Wildman–Crippen LogP) is -1.10. The first-order valence-electron chi connectivity index (χ1n) is 5.80. The van der Waals surface area contributed by atoms with E-state index >= 15 is 0 Å². The Bertz CT molecular complexity index is 387. The molecule has 1 rings (SSSR count). The van der Waals surface area contributed by atoms with Gasteiger partial charge in [-0.1, -0.05) is 0 Å². The molecular weight excluding hydrogens is 252 g/mol. The summed E-state index contributed by atoms with van der Waals surface area (Å²) in [5, 5.41) is 30.5. The van der Waals surface area contributed by atoms with Gasteiger partial charge in [-0.3, -0.25) is 10.3 Å². The highest BCUT2D eigenvalue weighted by Crippen LogP contribution is 2.29. The highest BCUT2D eigenvalue weighted by molar-refractivity contribution is 5.42. The molecule has 0 spiro atoms. The quantitative estimate of drug-likeness (QED) is 0.476. The van der Waals surface area contributed by atoms with Gasteiger partial charge in [0, 0.05) is 18.8 Å². The van der Waals surface area contributed by atoms with E-state index in [0.29, 0.717) is 17.2 Å². The van der Waals surface area contributed by atoms with Crippen LogP contribution in [0, 0.1) is 0 Å². The molecule has 19 heavy (non-hydrogen) atoms. The molecule has 108 valence electrons. The fraction of sp³-hybridized carbons (Fsp3) is 0.583. The maximum absolute atomic E-state index is 9.22. The minimum absolute atomic E-state index is 0.210. The van der Waals surface area contributed by atoms with Crippen LogP contribution in [0.4, 0.5) is 0 Å². The first-order chi connectivity index (χ1) is 9.16. The molecule has 7 nitrogen and oxygen atoms in total. The van der Waals surface area contributed by atoms with Gasteiger partial charge in [-0.15, -0.1) is 0 Å². The Morgan fingerprint density at radius 2 is 1.79 bits per heavy atom. The van der Waals surface area contributed by atoms with Crippen LogP contribution in [0.25, 0.3) is 0 Å². The number of ether oxygens (including phenoxy) is 2. The Hall–Kier alpha value is -1.41. The van der Waals surface area contributed by atoms with E-state index in [1.54, 1.807) is 12.3 Å². The maximum atomic E-state index is 9.22. The Morgan fingerprint density at radius 3 is 2.26 bits per heavy atom. The summed E-state index contributed by atoms with van der Waals surface area (Å²) in [7, 11) is 3.02. The van der Waals surface area contributed by atoms with Crippen LogP contribution < -0.4 is 14.8 Å². The van der Waals surface area contributed by atoms with Gasteiger partial charge in [0.2, 0.25) is 0 Å². The minimum Gasteiger partial charge on any atom is -0.493 e. The van der Waals surface area contributed by atoms with Gasteiger partial charge >= 0.3 is 0 Å². The summed E-state index contributed by atoms with van der Waals surface area (Å²) in [6.07, 6.45) is 1.57. The average molecular weight is 272 g/mol. The summed E-state index contributed by atoms with van der Waals surface area (Å²) < 4.78 is 10.4. The fourth-order valence-corrected chi connectivity index (χ4v) is 1.57. The standard InChI is InChI=1S/C12H20N2O5/c1-18-10-3-4-13-9(11(10)19-2)5-14-12(6-15,7-16)8-17/h3-4,14-17H,5-8H2,1-2H3. The lowest BCUT2D eigenvalue weighted by Gasteiger charge is -2.28. The molecule has 0 saturated heterocycles. The van der Waals surface area contributed by atoms with Crippen LogP contribution in [0.5, 0.6) is 11.5 Å². The number of pyridine rings is 1. The normalized spacial score (nSPS) is 11.4. The second-order valence-corrected chi connectivity index (χ2v) is 4.10. The first-order valence-corrected chi connectivity index (χ1v) is 5.80. The van der Waals surface area contributed by atoms with Crippen molar-refractivity contribution in [1.82, 2.24) is 10.3 Å². The minimum atomic E-state index is -1.16. The third-order valence-electron chi connectivity index (χ3n) is 2.91. The van der Waals surface area contributed by atoms with Crippen LogP contribution in [-0.4, -0.2) is 59.9 Å². The number of hydrogen-bond donors (Lipinski definition) is 4. The van der Waals surface area contributed by atoms with Crippen molar-refractivity contribution in [3.63, 3.8) is 0 Å². The molecule has 0 aliphatic carbocycles. The van der Waals surface area contributed by atoms with Gasteiger partial charge in [-0.25, -0.2) is 0 Å². The molecule has 1 heterocycles. The topological polar surface area (TPSA) is 104 Å². The van der Waals surface area contributed by atoms with Gasteiger partial charge in [0.15, 0.2) is 11.5 Å². The van der Waals surface area contributed by atoms with E-state index in [1.807, 2.05) is 0 Å². The number of nitrogens with one attached hydrogen (secondary N) is 1. The molecule has 0 fully saturated rings. The van der Waals surface area contributed by atoms with Crippen LogP contribution in [0.2, 0.25) is 0 Å². The highest BCUT2D eigenvalue weighted by atomic mass is 16.5. The third kappa shape index (κ3) is 3.54. The second kappa shape index (κ2) is 7.25. The summed E-state index contributed by atoms with van der Waals surface area (Å²) in [4.78, 5) is 4.15. The van der Waals surface area contributed by atoms with Gasteiger partial charge in [0.1, 0.15) is 0 Å². The van der Waals surface area contributed by atoms with Gasteiger partial charge in [0.25, 0.3) is 0 Å². The summed E-state index contributed by atoms with van der Waals surface area (Å²) in [6.45, 7) is -0.979. The molecule has 1 aromatic heterocycles. The van der Waals surface area contributed by atoms with Crippen LogP contribution in [0.15, 0.2) is 12.3 Å². The van der Waals surface area contributed by atoms with Crippen molar-refractivity contribution in [1.29, 1.82) is 0 Å². The van der Waals surface area contributed by atoms with Crippen molar-refractivity contribution >= 4 is 0 Å². The van der Waals surface area contributed by atoms with Crippen LogP contribution in [0.1, 0.15) is 5.69 Å². The van der Waals surface area contributed by atoms with Gasteiger partial charge < -0.3 is 24.8 Å². The molecule has 0 aromatic carbocycles. The Labute approximate surface area is 111 Å². The molecule has 0 atom stereocenters. The molecule has 7 heteroatoms. The lowest BCUT2D eigenvalue weighted by Crippen LogP contribution is -2.54. The molecule has 0 radical (unpaired) electrons. The van der Waals surface area contributed by atoms with Crippen molar-refractivity contribution < 1.29 is 24.8 Å². The van der Waals surface area contributed by atoms with Gasteiger partial charge in [-0.05, 0) is 0 Å². The molecule has 0 saturated carbocycles. The number of rotatable bonds is 8. The van der Waals surface area contributed by atoms with Gasteiger partial charge in [0.05, 0.1) is 45.3 Å². The SMILES string of the molecule is COc1ccnc(CNC(CO)(CO)CO)c1OC. The Morgan fingerprint density at radius 1 is 1.16 bits per heavy atom. The lowest BCUT2D eigenvalue weighted by molar-refractivity contribution is 0.0410. The molecule has 0 aliphatic rings. The monoisotopic (exact) mass is 272 g/mol. The van der Waals surface area contributed by atoms with Crippen molar-refractivity contribution in [3.8, 4) is 11.5 Å². The Kier molecular flexibility index (Phi) is 5.97. The predicted molar refractivity (Wildman–Crippen MR) is 68.2 cm³/mol. The van der Waals surface area contributed by atoms with E-state index in [9.17, 15) is 15.3 Å². The van der Waals surface area contributed by atoms with Crippen LogP contribution in [-0.2, 0) is 6.54 Å². The third-order valence-corrected chi connectivity index (χ3v) is 2.91. The van der Waals surface area contributed by atoms with E-state index in [0.717, 1.165) is 0 Å². The zero-order valence-electron chi connectivity index (χ0n) is 11.1. The maximum Gasteiger partial charge on any atom is 0.183 e. The number of aliphatic hydroxyl groups excluding tert-OH is 3. The molecule has 0 amide bonds. The van der Waals surface area contributed by atoms with E-state index in [4.69, 9.17) is 9.47 Å². The molecule has 0 unspecified atom stereocenters. The van der Waals surface area contributed by atoms with Crippen molar-refractivity contribution in [3.05, 3.63) is 18.0 Å². The number of aliphatic hydroxyl groups is 3. The van der Waals surface area contributed by atoms with Crippen LogP contribution in [0.3, 0.4) is 0 Å². The van der Waals surface area contributed by atoms with Crippen molar-refractivity contribution in [2.24, 2.45) is 0 Å². The van der Waals surface area contributed by atoms with E-state index in [1.165, 1.54) is 14.2 Å². The summed E-state index contributed by atoms with van der Waals surface area (Å²) in [5.41, 5.74) is -0.600. The van der Waals surface area contributed by atoms with E-state index in [-0.39, 0.29) is 6.54 Å². The lowest BCUT2D eigenvalue weighted by atomic mass is 10.0.